The van der Waals surface area contributed by atoms with Gasteiger partial charge in [-0.15, -0.1) is 0 Å². The summed E-state index contributed by atoms with van der Waals surface area (Å²) in [6.45, 7) is -0.257. The Morgan fingerprint density at radius 1 is 0.641 bits per heavy atom. The molecule has 39 heavy (non-hydrogen) atoms. The fourth-order valence-corrected chi connectivity index (χ4v) is 6.42. The summed E-state index contributed by atoms with van der Waals surface area (Å²) in [7, 11) is 0. The molecule has 0 radical (unpaired) electrons. The van der Waals surface area contributed by atoms with Gasteiger partial charge in [0.15, 0.2) is 0 Å². The summed E-state index contributed by atoms with van der Waals surface area (Å²) in [6.07, 6.45) is 8.76. The predicted molar refractivity (Wildman–Crippen MR) is 166 cm³/mol. The van der Waals surface area contributed by atoms with Gasteiger partial charge in [0.25, 0.3) is 0 Å². The second kappa shape index (κ2) is 8.62. The van der Waals surface area contributed by atoms with Crippen LogP contribution in [0.1, 0.15) is 11.5 Å². The Kier molecular flexibility index (Phi) is 4.91. The third kappa shape index (κ3) is 3.42. The Morgan fingerprint density at radius 3 is 2.26 bits per heavy atom. The largest absolute Gasteiger partial charge is 0.410 e. The average molecular weight is 499 g/mol. The first kappa shape index (κ1) is 22.2. The van der Waals surface area contributed by atoms with E-state index in [0.29, 0.717) is 0 Å². The molecular formula is C35H26BN3. The van der Waals surface area contributed by atoms with Crippen LogP contribution in [0.3, 0.4) is 0 Å². The Bertz CT molecular complexity index is 1950. The standard InChI is InChI=1S/C35H26BN3/c37-36-35-29(23-10-4-5-11-23)21-25(22-31(35)27-14-6-8-16-32(27)38-36)24-18-19-34-30(20-24)28-15-7-9-17-33(28)39(34)26-12-2-1-3-13-26/h1-23,38H,37H2. The van der Waals surface area contributed by atoms with Crippen molar-refractivity contribution >= 4 is 39.9 Å². The molecule has 0 unspecified atom stereocenters. The normalized spacial score (nSPS) is 14.1. The smallest absolute Gasteiger partial charge is 0.371 e. The van der Waals surface area contributed by atoms with Crippen molar-refractivity contribution in [1.82, 2.24) is 4.57 Å². The highest BCUT2D eigenvalue weighted by Crippen LogP contribution is 2.39. The lowest BCUT2D eigenvalue weighted by atomic mass is 9.60. The number of hydrogen-bond donors (Lipinski definition) is 2. The summed E-state index contributed by atoms with van der Waals surface area (Å²) in [4.78, 5) is 0. The molecule has 1 aliphatic heterocycles. The number of para-hydroxylation sites is 3. The van der Waals surface area contributed by atoms with Gasteiger partial charge >= 0.3 is 6.98 Å². The van der Waals surface area contributed by atoms with Crippen LogP contribution in [0.4, 0.5) is 5.69 Å². The molecular weight excluding hydrogens is 473 g/mol. The fourth-order valence-electron chi connectivity index (χ4n) is 6.42. The molecule has 0 saturated heterocycles. The van der Waals surface area contributed by atoms with Crippen LogP contribution in [-0.2, 0) is 0 Å². The van der Waals surface area contributed by atoms with E-state index in [-0.39, 0.29) is 12.9 Å². The van der Waals surface area contributed by atoms with Crippen molar-refractivity contribution in [3.8, 4) is 27.9 Å². The van der Waals surface area contributed by atoms with Crippen LogP contribution in [0.15, 0.2) is 133 Å². The van der Waals surface area contributed by atoms with Crippen molar-refractivity contribution in [3.63, 3.8) is 0 Å². The van der Waals surface area contributed by atoms with Crippen LogP contribution >= 0.6 is 0 Å². The maximum absolute atomic E-state index is 6.75. The van der Waals surface area contributed by atoms with Gasteiger partial charge in [0.2, 0.25) is 0 Å². The first-order valence-corrected chi connectivity index (χ1v) is 13.5. The third-order valence-electron chi connectivity index (χ3n) is 8.18. The molecule has 0 bridgehead atoms. The molecule has 184 valence electrons. The Hall–Kier alpha value is -4.80. The van der Waals surface area contributed by atoms with Crippen molar-refractivity contribution in [2.75, 3.05) is 5.23 Å². The average Bonchev–Trinajstić information content (AvgIpc) is 3.64. The minimum Gasteiger partial charge on any atom is -0.410 e. The van der Waals surface area contributed by atoms with Crippen LogP contribution in [0, 0.1) is 0 Å². The zero-order valence-electron chi connectivity index (χ0n) is 21.4. The number of benzene rings is 5. The maximum Gasteiger partial charge on any atom is 0.371 e. The van der Waals surface area contributed by atoms with Crippen LogP contribution in [0.25, 0.3) is 49.7 Å². The highest BCUT2D eigenvalue weighted by Gasteiger charge is 2.30. The second-order valence-electron chi connectivity index (χ2n) is 10.4. The predicted octanol–water partition coefficient (Wildman–Crippen LogP) is 7.41. The van der Waals surface area contributed by atoms with Crippen LogP contribution < -0.4 is 16.3 Å². The molecule has 2 heterocycles. The highest BCUT2D eigenvalue weighted by atomic mass is 15.0. The van der Waals surface area contributed by atoms with Crippen molar-refractivity contribution in [2.24, 2.45) is 5.64 Å². The van der Waals surface area contributed by atoms with E-state index in [2.05, 4.69) is 143 Å². The molecule has 0 spiro atoms. The summed E-state index contributed by atoms with van der Waals surface area (Å²) >= 11 is 0. The maximum atomic E-state index is 6.75. The molecule has 5 aromatic carbocycles. The first-order chi connectivity index (χ1) is 19.3. The lowest BCUT2D eigenvalue weighted by Crippen LogP contribution is -2.52. The molecule has 1 aromatic heterocycles. The zero-order valence-corrected chi connectivity index (χ0v) is 21.4. The Morgan fingerprint density at radius 2 is 1.38 bits per heavy atom. The summed E-state index contributed by atoms with van der Waals surface area (Å²) in [6, 6.07) is 39.3. The summed E-state index contributed by atoms with van der Waals surface area (Å²) in [5, 5.41) is 6.04. The number of hydrogen-bond acceptors (Lipinski definition) is 2. The Balaban J connectivity index is 1.39. The van der Waals surface area contributed by atoms with E-state index < -0.39 is 0 Å². The number of nitrogens with two attached hydrogens (primary N) is 1. The van der Waals surface area contributed by atoms with Gasteiger partial charge in [-0.3, -0.25) is 0 Å². The number of nitrogens with zero attached hydrogens (tertiary/aromatic N) is 1. The minimum atomic E-state index is -0.257. The van der Waals surface area contributed by atoms with Crippen LogP contribution in [0.2, 0.25) is 0 Å². The van der Waals surface area contributed by atoms with Crippen LogP contribution in [0.5, 0.6) is 0 Å². The number of aromatic nitrogens is 1. The summed E-state index contributed by atoms with van der Waals surface area (Å²) in [5.74, 6) is 0.209. The first-order valence-electron chi connectivity index (χ1n) is 13.5. The van der Waals surface area contributed by atoms with E-state index in [9.17, 15) is 0 Å². The lowest BCUT2D eigenvalue weighted by Gasteiger charge is -2.29. The molecule has 0 fully saturated rings. The molecule has 3 nitrogen and oxygen atoms in total. The van der Waals surface area contributed by atoms with E-state index >= 15 is 0 Å². The molecule has 2 aliphatic rings. The van der Waals surface area contributed by atoms with Gasteiger partial charge in [0.1, 0.15) is 0 Å². The van der Waals surface area contributed by atoms with Gasteiger partial charge in [-0.1, -0.05) is 91.0 Å². The van der Waals surface area contributed by atoms with Gasteiger partial charge in [-0.05, 0) is 70.2 Å². The van der Waals surface area contributed by atoms with Crippen molar-refractivity contribution < 1.29 is 0 Å². The SMILES string of the molecule is NB1Nc2ccccc2-c2cc(-c3ccc4c(c3)c3ccccc3n4-c3ccccc3)cc(C3C=CC=C3)c21. The number of rotatable bonds is 3. The second-order valence-corrected chi connectivity index (χ2v) is 10.4. The molecule has 0 amide bonds. The number of allylic oxidation sites excluding steroid dienone is 4. The monoisotopic (exact) mass is 499 g/mol. The van der Waals surface area contributed by atoms with Gasteiger partial charge in [-0.2, -0.15) is 0 Å². The molecule has 1 aliphatic carbocycles. The van der Waals surface area contributed by atoms with Crippen LogP contribution in [-0.4, -0.2) is 11.5 Å². The van der Waals surface area contributed by atoms with E-state index in [4.69, 9.17) is 5.64 Å². The third-order valence-corrected chi connectivity index (χ3v) is 8.18. The van der Waals surface area contributed by atoms with E-state index in [1.165, 1.54) is 60.8 Å². The highest BCUT2D eigenvalue weighted by molar-refractivity contribution is 6.76. The van der Waals surface area contributed by atoms with E-state index in [1.54, 1.807) is 0 Å². The molecule has 8 rings (SSSR count). The molecule has 0 saturated carbocycles. The van der Waals surface area contributed by atoms with Gasteiger partial charge in [0, 0.05) is 33.6 Å². The van der Waals surface area contributed by atoms with E-state index in [1.807, 2.05) is 0 Å². The fraction of sp³-hybridized carbons (Fsp3) is 0.0286. The van der Waals surface area contributed by atoms with E-state index in [0.717, 1.165) is 5.69 Å². The minimum absolute atomic E-state index is 0.209. The summed E-state index contributed by atoms with van der Waals surface area (Å²) < 4.78 is 2.36. The van der Waals surface area contributed by atoms with Crippen molar-refractivity contribution in [3.05, 3.63) is 139 Å². The number of nitrogens with one attached hydrogen (secondary N) is 1. The molecule has 4 heteroatoms. The molecule has 3 N–H and O–H groups in total. The van der Waals surface area contributed by atoms with Crippen molar-refractivity contribution in [2.45, 2.75) is 5.92 Å². The number of anilines is 1. The zero-order chi connectivity index (χ0) is 25.9. The molecule has 6 aromatic rings. The van der Waals surface area contributed by atoms with Gasteiger partial charge in [0.05, 0.1) is 11.0 Å². The number of fused-ring (bicyclic) bond motifs is 6. The lowest BCUT2D eigenvalue weighted by molar-refractivity contribution is 1.12. The van der Waals surface area contributed by atoms with Crippen molar-refractivity contribution in [1.29, 1.82) is 0 Å². The molecule has 0 atom stereocenters. The Labute approximate surface area is 228 Å². The summed E-state index contributed by atoms with van der Waals surface area (Å²) in [5.41, 5.74) is 18.7. The van der Waals surface area contributed by atoms with Gasteiger partial charge < -0.3 is 15.4 Å². The quantitative estimate of drug-likeness (QED) is 0.249. The van der Waals surface area contributed by atoms with Gasteiger partial charge in [-0.25, -0.2) is 0 Å². The topological polar surface area (TPSA) is 43.0 Å².